The lowest BCUT2D eigenvalue weighted by Crippen LogP contribution is -2.65. The molecule has 2 aliphatic rings. The van der Waals surface area contributed by atoms with Crippen molar-refractivity contribution in [2.75, 3.05) is 6.54 Å². The van der Waals surface area contributed by atoms with E-state index in [4.69, 9.17) is 0 Å². The smallest absolute Gasteiger partial charge is 0.248 e. The third kappa shape index (κ3) is 1.70. The molecule has 2 fully saturated rings. The van der Waals surface area contributed by atoms with Crippen LogP contribution in [0.2, 0.25) is 0 Å². The first-order chi connectivity index (χ1) is 7.51. The lowest BCUT2D eigenvalue weighted by atomic mass is 9.94. The van der Waals surface area contributed by atoms with Gasteiger partial charge in [0.05, 0.1) is 6.54 Å². The Hall–Kier alpha value is -1.06. The summed E-state index contributed by atoms with van der Waals surface area (Å²) < 4.78 is 0. The van der Waals surface area contributed by atoms with Crippen molar-refractivity contribution in [3.05, 3.63) is 0 Å². The van der Waals surface area contributed by atoms with Crippen LogP contribution in [0.25, 0.3) is 0 Å². The zero-order chi connectivity index (χ0) is 11.9. The first kappa shape index (κ1) is 11.4. The predicted molar refractivity (Wildman–Crippen MR) is 60.7 cm³/mol. The molecule has 1 saturated heterocycles. The summed E-state index contributed by atoms with van der Waals surface area (Å²) in [5, 5.41) is 2.81. The fourth-order valence-electron chi connectivity index (χ4n) is 2.50. The van der Waals surface area contributed by atoms with E-state index >= 15 is 0 Å². The standard InChI is InChI=1S/C12H20N2O2/c1-4-8-6-9(8)14-7-10(15)13-12(3,5-2)11(14)16/h8-9H,4-7H2,1-3H3,(H,13,15). The highest BCUT2D eigenvalue weighted by atomic mass is 16.2. The molecular formula is C12H20N2O2. The van der Waals surface area contributed by atoms with Crippen LogP contribution in [0.4, 0.5) is 0 Å². The van der Waals surface area contributed by atoms with Crippen molar-refractivity contribution in [1.29, 1.82) is 0 Å². The van der Waals surface area contributed by atoms with E-state index in [0.29, 0.717) is 18.4 Å². The molecule has 0 spiro atoms. The maximum atomic E-state index is 12.3. The van der Waals surface area contributed by atoms with Gasteiger partial charge in [-0.1, -0.05) is 20.3 Å². The van der Waals surface area contributed by atoms with E-state index in [1.165, 1.54) is 0 Å². The maximum Gasteiger partial charge on any atom is 0.248 e. The summed E-state index contributed by atoms with van der Waals surface area (Å²) in [5.74, 6) is 0.678. The third-order valence-electron chi connectivity index (χ3n) is 3.98. The highest BCUT2D eigenvalue weighted by Crippen LogP contribution is 2.40. The van der Waals surface area contributed by atoms with Gasteiger partial charge in [0.2, 0.25) is 11.8 Å². The molecule has 1 saturated carbocycles. The van der Waals surface area contributed by atoms with Gasteiger partial charge in [0.1, 0.15) is 5.54 Å². The molecule has 0 radical (unpaired) electrons. The van der Waals surface area contributed by atoms with Gasteiger partial charge in [-0.25, -0.2) is 0 Å². The van der Waals surface area contributed by atoms with Crippen LogP contribution in [-0.4, -0.2) is 34.8 Å². The van der Waals surface area contributed by atoms with Gasteiger partial charge >= 0.3 is 0 Å². The molecule has 0 aromatic heterocycles. The second-order valence-electron chi connectivity index (χ2n) is 5.14. The quantitative estimate of drug-likeness (QED) is 0.774. The van der Waals surface area contributed by atoms with Gasteiger partial charge < -0.3 is 10.2 Å². The summed E-state index contributed by atoms with van der Waals surface area (Å²) in [6, 6.07) is 0.314. The van der Waals surface area contributed by atoms with Crippen molar-refractivity contribution >= 4 is 11.8 Å². The zero-order valence-corrected chi connectivity index (χ0v) is 10.2. The summed E-state index contributed by atoms with van der Waals surface area (Å²) in [5.41, 5.74) is -0.684. The normalized spacial score (nSPS) is 38.6. The Labute approximate surface area is 96.4 Å². The molecule has 2 amide bonds. The number of hydrogen-bond acceptors (Lipinski definition) is 2. The molecule has 1 heterocycles. The number of nitrogens with zero attached hydrogens (tertiary/aromatic N) is 1. The monoisotopic (exact) mass is 224 g/mol. The summed E-state index contributed by atoms with van der Waals surface area (Å²) in [4.78, 5) is 25.7. The van der Waals surface area contributed by atoms with E-state index < -0.39 is 5.54 Å². The molecular weight excluding hydrogens is 204 g/mol. The fraction of sp³-hybridized carbons (Fsp3) is 0.833. The Bertz CT molecular complexity index is 329. The summed E-state index contributed by atoms with van der Waals surface area (Å²) in [6.07, 6.45) is 2.81. The van der Waals surface area contributed by atoms with Gasteiger partial charge in [0, 0.05) is 6.04 Å². The van der Waals surface area contributed by atoms with E-state index in [1.807, 2.05) is 13.8 Å². The molecule has 0 aromatic carbocycles. The van der Waals surface area contributed by atoms with E-state index in [9.17, 15) is 9.59 Å². The van der Waals surface area contributed by atoms with E-state index in [1.54, 1.807) is 4.90 Å². The molecule has 1 aliphatic heterocycles. The van der Waals surface area contributed by atoms with Crippen molar-refractivity contribution in [1.82, 2.24) is 10.2 Å². The molecule has 3 atom stereocenters. The van der Waals surface area contributed by atoms with Crippen LogP contribution < -0.4 is 5.32 Å². The second-order valence-corrected chi connectivity index (χ2v) is 5.14. The fourth-order valence-corrected chi connectivity index (χ4v) is 2.50. The van der Waals surface area contributed by atoms with Gasteiger partial charge in [0.25, 0.3) is 0 Å². The van der Waals surface area contributed by atoms with E-state index in [0.717, 1.165) is 12.8 Å². The minimum atomic E-state index is -0.684. The highest BCUT2D eigenvalue weighted by Gasteiger charge is 2.50. The second kappa shape index (κ2) is 3.75. The molecule has 4 heteroatoms. The molecule has 2 rings (SSSR count). The molecule has 90 valence electrons. The number of rotatable bonds is 3. The Morgan fingerprint density at radius 1 is 1.44 bits per heavy atom. The third-order valence-corrected chi connectivity index (χ3v) is 3.98. The Kier molecular flexibility index (Phi) is 2.68. The lowest BCUT2D eigenvalue weighted by Gasteiger charge is -2.39. The van der Waals surface area contributed by atoms with Crippen molar-refractivity contribution in [2.45, 2.75) is 51.6 Å². The van der Waals surface area contributed by atoms with Crippen molar-refractivity contribution in [2.24, 2.45) is 5.92 Å². The summed E-state index contributed by atoms with van der Waals surface area (Å²) in [6.45, 7) is 6.14. The largest absolute Gasteiger partial charge is 0.340 e. The van der Waals surface area contributed by atoms with E-state index in [2.05, 4.69) is 12.2 Å². The molecule has 0 aromatic rings. The Balaban J connectivity index is 2.14. The SMILES string of the molecule is CCC1CC1N1CC(=O)NC(C)(CC)C1=O. The molecule has 1 N–H and O–H groups in total. The molecule has 16 heavy (non-hydrogen) atoms. The lowest BCUT2D eigenvalue weighted by molar-refractivity contribution is -0.150. The number of hydrogen-bond donors (Lipinski definition) is 1. The number of carbonyl (C=O) groups is 2. The molecule has 0 bridgehead atoms. The Morgan fingerprint density at radius 2 is 2.12 bits per heavy atom. The van der Waals surface area contributed by atoms with Crippen LogP contribution >= 0.6 is 0 Å². The van der Waals surface area contributed by atoms with Crippen LogP contribution in [-0.2, 0) is 9.59 Å². The average Bonchev–Trinajstić information content (AvgIpc) is 3.02. The average molecular weight is 224 g/mol. The van der Waals surface area contributed by atoms with Crippen molar-refractivity contribution in [3.63, 3.8) is 0 Å². The summed E-state index contributed by atoms with van der Waals surface area (Å²) in [7, 11) is 0. The first-order valence-corrected chi connectivity index (χ1v) is 6.14. The van der Waals surface area contributed by atoms with Crippen LogP contribution in [0, 0.1) is 5.92 Å². The topological polar surface area (TPSA) is 49.4 Å². The molecule has 1 aliphatic carbocycles. The van der Waals surface area contributed by atoms with Crippen LogP contribution in [0.1, 0.15) is 40.0 Å². The maximum absolute atomic E-state index is 12.3. The Morgan fingerprint density at radius 3 is 2.62 bits per heavy atom. The molecule has 4 nitrogen and oxygen atoms in total. The van der Waals surface area contributed by atoms with Gasteiger partial charge in [-0.15, -0.1) is 0 Å². The minimum absolute atomic E-state index is 0.0225. The number of nitrogens with one attached hydrogen (secondary N) is 1. The van der Waals surface area contributed by atoms with Crippen molar-refractivity contribution in [3.8, 4) is 0 Å². The molecule has 3 unspecified atom stereocenters. The van der Waals surface area contributed by atoms with Crippen LogP contribution in [0.3, 0.4) is 0 Å². The summed E-state index contributed by atoms with van der Waals surface area (Å²) >= 11 is 0. The van der Waals surface area contributed by atoms with Crippen LogP contribution in [0.15, 0.2) is 0 Å². The number of carbonyl (C=O) groups excluding carboxylic acids is 2. The zero-order valence-electron chi connectivity index (χ0n) is 10.2. The number of piperazine rings is 1. The minimum Gasteiger partial charge on any atom is -0.340 e. The highest BCUT2D eigenvalue weighted by molar-refractivity contribution is 5.98. The van der Waals surface area contributed by atoms with Crippen molar-refractivity contribution < 1.29 is 9.59 Å². The van der Waals surface area contributed by atoms with Gasteiger partial charge in [0.15, 0.2) is 0 Å². The van der Waals surface area contributed by atoms with Gasteiger partial charge in [-0.05, 0) is 25.7 Å². The van der Waals surface area contributed by atoms with E-state index in [-0.39, 0.29) is 18.4 Å². The van der Waals surface area contributed by atoms with Gasteiger partial charge in [-0.3, -0.25) is 9.59 Å². The van der Waals surface area contributed by atoms with Crippen LogP contribution in [0.5, 0.6) is 0 Å². The van der Waals surface area contributed by atoms with Gasteiger partial charge in [-0.2, -0.15) is 0 Å². The number of amides is 2. The predicted octanol–water partition coefficient (Wildman–Crippen LogP) is 0.912. The first-order valence-electron chi connectivity index (χ1n) is 6.14.